The van der Waals surface area contributed by atoms with Crippen LogP contribution in [0.4, 0.5) is 0 Å². The van der Waals surface area contributed by atoms with Gasteiger partial charge in [-0.15, -0.1) is 11.3 Å². The van der Waals surface area contributed by atoms with Gasteiger partial charge in [0, 0.05) is 10.8 Å². The molecule has 0 aromatic carbocycles. The Morgan fingerprint density at radius 2 is 2.50 bits per heavy atom. The number of thiophene rings is 1. The van der Waals surface area contributed by atoms with E-state index in [1.807, 2.05) is 6.92 Å². The molecule has 1 heterocycles. The topological polar surface area (TPSA) is 23.8 Å². The summed E-state index contributed by atoms with van der Waals surface area (Å²) in [4.78, 5) is 1.34. The summed E-state index contributed by atoms with van der Waals surface area (Å²) >= 11 is 5.16. The van der Waals surface area contributed by atoms with Crippen molar-refractivity contribution >= 4 is 27.3 Å². The molecule has 1 aromatic heterocycles. The molecule has 1 fully saturated rings. The Labute approximate surface area is 84.2 Å². The summed E-state index contributed by atoms with van der Waals surface area (Å²) < 4.78 is 1.16. The first-order valence-corrected chi connectivity index (χ1v) is 5.43. The average Bonchev–Trinajstić information content (AvgIpc) is 2.54. The SMILES string of the molecule is CC1(C#N)CC1c1ccc(Br)s1. The average molecular weight is 242 g/mol. The van der Waals surface area contributed by atoms with E-state index < -0.39 is 0 Å². The van der Waals surface area contributed by atoms with Crippen molar-refractivity contribution in [2.24, 2.45) is 5.41 Å². The molecule has 62 valence electrons. The standard InChI is InChI=1S/C9H8BrNS/c1-9(5-11)4-6(9)7-2-3-8(10)12-7/h2-3,6H,4H2,1H3. The zero-order chi connectivity index (χ0) is 8.77. The number of halogens is 1. The molecule has 0 N–H and O–H groups in total. The van der Waals surface area contributed by atoms with Crippen LogP contribution in [0.2, 0.25) is 0 Å². The van der Waals surface area contributed by atoms with E-state index in [1.54, 1.807) is 11.3 Å². The lowest BCUT2D eigenvalue weighted by Gasteiger charge is -1.95. The van der Waals surface area contributed by atoms with E-state index >= 15 is 0 Å². The fourth-order valence-corrected chi connectivity index (χ4v) is 3.09. The normalized spacial score (nSPS) is 32.9. The predicted molar refractivity (Wildman–Crippen MR) is 53.1 cm³/mol. The first-order valence-electron chi connectivity index (χ1n) is 3.82. The van der Waals surface area contributed by atoms with Gasteiger partial charge >= 0.3 is 0 Å². The van der Waals surface area contributed by atoms with Crippen molar-refractivity contribution in [1.82, 2.24) is 0 Å². The number of nitrogens with zero attached hydrogens (tertiary/aromatic N) is 1. The Morgan fingerprint density at radius 3 is 2.92 bits per heavy atom. The van der Waals surface area contributed by atoms with Gasteiger partial charge in [-0.2, -0.15) is 5.26 Å². The van der Waals surface area contributed by atoms with Crippen LogP contribution >= 0.6 is 27.3 Å². The molecular formula is C9H8BrNS. The van der Waals surface area contributed by atoms with E-state index in [1.165, 1.54) is 4.88 Å². The number of hydrogen-bond acceptors (Lipinski definition) is 2. The Kier molecular flexibility index (Phi) is 1.78. The van der Waals surface area contributed by atoms with Crippen LogP contribution in [0, 0.1) is 16.7 Å². The van der Waals surface area contributed by atoms with Crippen molar-refractivity contribution in [2.45, 2.75) is 19.3 Å². The van der Waals surface area contributed by atoms with Gasteiger partial charge in [0.2, 0.25) is 0 Å². The van der Waals surface area contributed by atoms with E-state index in [4.69, 9.17) is 5.26 Å². The van der Waals surface area contributed by atoms with Crippen molar-refractivity contribution in [3.05, 3.63) is 20.8 Å². The molecule has 1 aliphatic rings. The highest BCUT2D eigenvalue weighted by atomic mass is 79.9. The van der Waals surface area contributed by atoms with Crippen LogP contribution in [0.3, 0.4) is 0 Å². The van der Waals surface area contributed by atoms with Gasteiger partial charge < -0.3 is 0 Å². The minimum Gasteiger partial charge on any atom is -0.198 e. The highest BCUT2D eigenvalue weighted by molar-refractivity contribution is 9.11. The fourth-order valence-electron chi connectivity index (χ4n) is 1.42. The first kappa shape index (κ1) is 8.28. The van der Waals surface area contributed by atoms with E-state index in [0.29, 0.717) is 5.92 Å². The van der Waals surface area contributed by atoms with Gasteiger partial charge in [-0.3, -0.25) is 0 Å². The molecule has 0 spiro atoms. The smallest absolute Gasteiger partial charge is 0.0701 e. The van der Waals surface area contributed by atoms with E-state index in [2.05, 4.69) is 34.1 Å². The molecule has 2 atom stereocenters. The van der Waals surface area contributed by atoms with Crippen LogP contribution in [0.1, 0.15) is 24.1 Å². The quantitative estimate of drug-likeness (QED) is 0.739. The molecular weight excluding hydrogens is 234 g/mol. The molecule has 0 radical (unpaired) electrons. The van der Waals surface area contributed by atoms with Gasteiger partial charge in [-0.1, -0.05) is 0 Å². The van der Waals surface area contributed by atoms with Crippen LogP contribution in [-0.2, 0) is 0 Å². The Hall–Kier alpha value is -0.330. The summed E-state index contributed by atoms with van der Waals surface area (Å²) in [6.07, 6.45) is 1.02. The highest BCUT2D eigenvalue weighted by Gasteiger charge is 2.52. The second kappa shape index (κ2) is 2.58. The van der Waals surface area contributed by atoms with Crippen molar-refractivity contribution in [1.29, 1.82) is 5.26 Å². The molecule has 0 aliphatic heterocycles. The minimum absolute atomic E-state index is 0.0791. The molecule has 1 saturated carbocycles. The number of hydrogen-bond donors (Lipinski definition) is 0. The van der Waals surface area contributed by atoms with Gasteiger partial charge in [-0.05, 0) is 41.4 Å². The maximum Gasteiger partial charge on any atom is 0.0701 e. The van der Waals surface area contributed by atoms with E-state index in [-0.39, 0.29) is 5.41 Å². The molecule has 0 bridgehead atoms. The maximum absolute atomic E-state index is 8.85. The largest absolute Gasteiger partial charge is 0.198 e. The summed E-state index contributed by atoms with van der Waals surface area (Å²) in [7, 11) is 0. The van der Waals surface area contributed by atoms with Gasteiger partial charge in [0.25, 0.3) is 0 Å². The summed E-state index contributed by atoms with van der Waals surface area (Å²) in [6.45, 7) is 2.03. The molecule has 1 nitrogen and oxygen atoms in total. The highest BCUT2D eigenvalue weighted by Crippen LogP contribution is 2.60. The van der Waals surface area contributed by atoms with Crippen LogP contribution in [0.5, 0.6) is 0 Å². The van der Waals surface area contributed by atoms with Crippen LogP contribution in [-0.4, -0.2) is 0 Å². The summed E-state index contributed by atoms with van der Waals surface area (Å²) in [5, 5.41) is 8.85. The van der Waals surface area contributed by atoms with Crippen LogP contribution in [0.25, 0.3) is 0 Å². The second-order valence-electron chi connectivity index (χ2n) is 3.43. The third-order valence-corrected chi connectivity index (χ3v) is 4.17. The van der Waals surface area contributed by atoms with Gasteiger partial charge in [-0.25, -0.2) is 0 Å². The summed E-state index contributed by atoms with van der Waals surface area (Å²) in [5.74, 6) is 0.485. The Balaban J connectivity index is 2.22. The van der Waals surface area contributed by atoms with Gasteiger partial charge in [0.1, 0.15) is 0 Å². The summed E-state index contributed by atoms with van der Waals surface area (Å²) in [5.41, 5.74) is -0.0791. The van der Waals surface area contributed by atoms with E-state index in [0.717, 1.165) is 10.2 Å². The second-order valence-corrected chi connectivity index (χ2v) is 5.92. The zero-order valence-electron chi connectivity index (χ0n) is 6.67. The van der Waals surface area contributed by atoms with Gasteiger partial charge in [0.05, 0.1) is 15.3 Å². The molecule has 2 rings (SSSR count). The Morgan fingerprint density at radius 1 is 1.75 bits per heavy atom. The molecule has 3 heteroatoms. The lowest BCUT2D eigenvalue weighted by Crippen LogP contribution is -1.89. The third kappa shape index (κ3) is 1.19. The van der Waals surface area contributed by atoms with Crippen molar-refractivity contribution < 1.29 is 0 Å². The predicted octanol–water partition coefficient (Wildman–Crippen LogP) is 3.53. The van der Waals surface area contributed by atoms with Crippen LogP contribution < -0.4 is 0 Å². The van der Waals surface area contributed by atoms with Crippen molar-refractivity contribution in [3.63, 3.8) is 0 Å². The maximum atomic E-state index is 8.85. The van der Waals surface area contributed by atoms with E-state index in [9.17, 15) is 0 Å². The molecule has 2 unspecified atom stereocenters. The van der Waals surface area contributed by atoms with Crippen molar-refractivity contribution in [3.8, 4) is 6.07 Å². The van der Waals surface area contributed by atoms with Crippen LogP contribution in [0.15, 0.2) is 15.9 Å². The minimum atomic E-state index is -0.0791. The monoisotopic (exact) mass is 241 g/mol. The first-order chi connectivity index (χ1) is 5.65. The Bertz CT molecular complexity index is 352. The lowest BCUT2D eigenvalue weighted by atomic mass is 10.1. The number of rotatable bonds is 1. The molecule has 1 aliphatic carbocycles. The van der Waals surface area contributed by atoms with Gasteiger partial charge in [0.15, 0.2) is 0 Å². The zero-order valence-corrected chi connectivity index (χ0v) is 9.08. The molecule has 1 aromatic rings. The number of nitriles is 1. The lowest BCUT2D eigenvalue weighted by molar-refractivity contribution is 0.732. The third-order valence-electron chi connectivity index (χ3n) is 2.43. The summed E-state index contributed by atoms with van der Waals surface area (Å²) in [6, 6.07) is 6.53. The molecule has 0 amide bonds. The fraction of sp³-hybridized carbons (Fsp3) is 0.444. The molecule has 0 saturated heterocycles. The van der Waals surface area contributed by atoms with Crippen molar-refractivity contribution in [2.75, 3.05) is 0 Å². The molecule has 12 heavy (non-hydrogen) atoms.